The molecule has 0 spiro atoms. The maximum absolute atomic E-state index is 12.6. The van der Waals surface area contributed by atoms with Crippen molar-refractivity contribution in [1.82, 2.24) is 10.2 Å². The summed E-state index contributed by atoms with van der Waals surface area (Å²) in [5.74, 6) is -0.470. The fraction of sp³-hybridized carbons (Fsp3) is 0.467. The molecule has 22 heavy (non-hydrogen) atoms. The van der Waals surface area contributed by atoms with Crippen LogP contribution in [0.1, 0.15) is 30.0 Å². The second-order valence-corrected chi connectivity index (χ2v) is 5.62. The van der Waals surface area contributed by atoms with E-state index in [0.717, 1.165) is 25.0 Å². The molecule has 118 valence electrons. The summed E-state index contributed by atoms with van der Waals surface area (Å²) < 4.78 is 37.8. The SMILES string of the molecule is O=C1NCCN(C(=O)C2CC2)C1c1ccc(C(F)(F)F)cc1. The van der Waals surface area contributed by atoms with Gasteiger partial charge in [-0.1, -0.05) is 12.1 Å². The normalized spacial score (nSPS) is 22.4. The quantitative estimate of drug-likeness (QED) is 0.909. The highest BCUT2D eigenvalue weighted by Crippen LogP contribution is 2.36. The Kier molecular flexibility index (Phi) is 3.58. The number of amides is 2. The molecule has 2 fully saturated rings. The van der Waals surface area contributed by atoms with Gasteiger partial charge in [0.15, 0.2) is 0 Å². The van der Waals surface area contributed by atoms with Crippen molar-refractivity contribution in [3.63, 3.8) is 0 Å². The molecule has 0 radical (unpaired) electrons. The molecule has 0 bridgehead atoms. The number of halogens is 3. The first kappa shape index (κ1) is 14.9. The van der Waals surface area contributed by atoms with E-state index < -0.39 is 17.8 Å². The highest BCUT2D eigenvalue weighted by atomic mass is 19.4. The monoisotopic (exact) mass is 312 g/mol. The number of hydrogen-bond acceptors (Lipinski definition) is 2. The Morgan fingerprint density at radius 3 is 2.36 bits per heavy atom. The standard InChI is InChI=1S/C15H15F3N2O2/c16-15(17,18)11-5-3-9(4-6-11)12-13(21)19-7-8-20(12)14(22)10-1-2-10/h3-6,10,12H,1-2,7-8H2,(H,19,21). The molecule has 2 aliphatic rings. The third kappa shape index (κ3) is 2.80. The molecule has 1 aliphatic carbocycles. The minimum atomic E-state index is -4.42. The second-order valence-electron chi connectivity index (χ2n) is 5.62. The maximum atomic E-state index is 12.6. The van der Waals surface area contributed by atoms with Crippen LogP contribution in [0.4, 0.5) is 13.2 Å². The summed E-state index contributed by atoms with van der Waals surface area (Å²) in [6.45, 7) is 0.751. The van der Waals surface area contributed by atoms with Crippen molar-refractivity contribution in [3.8, 4) is 0 Å². The lowest BCUT2D eigenvalue weighted by atomic mass is 10.00. The third-order valence-electron chi connectivity index (χ3n) is 3.98. The first-order valence-corrected chi connectivity index (χ1v) is 7.13. The minimum Gasteiger partial charge on any atom is -0.352 e. The summed E-state index contributed by atoms with van der Waals surface area (Å²) in [5.41, 5.74) is -0.369. The van der Waals surface area contributed by atoms with Gasteiger partial charge in [-0.25, -0.2) is 0 Å². The molecule has 1 aromatic carbocycles. The summed E-state index contributed by atoms with van der Waals surface area (Å²) in [6, 6.07) is 3.58. The summed E-state index contributed by atoms with van der Waals surface area (Å²) in [7, 11) is 0. The molecule has 1 saturated heterocycles. The number of nitrogens with one attached hydrogen (secondary N) is 1. The second kappa shape index (κ2) is 5.30. The van der Waals surface area contributed by atoms with Crippen LogP contribution in [0.25, 0.3) is 0 Å². The fourth-order valence-electron chi connectivity index (χ4n) is 2.65. The van der Waals surface area contributed by atoms with Crippen molar-refractivity contribution in [3.05, 3.63) is 35.4 Å². The predicted octanol–water partition coefficient (Wildman–Crippen LogP) is 2.11. The maximum Gasteiger partial charge on any atom is 0.416 e. The van der Waals surface area contributed by atoms with Crippen LogP contribution in [0.5, 0.6) is 0 Å². The summed E-state index contributed by atoms with van der Waals surface area (Å²) in [5, 5.41) is 2.66. The largest absolute Gasteiger partial charge is 0.416 e. The van der Waals surface area contributed by atoms with Gasteiger partial charge in [0.05, 0.1) is 5.56 Å². The Morgan fingerprint density at radius 1 is 1.18 bits per heavy atom. The van der Waals surface area contributed by atoms with Crippen LogP contribution in [-0.4, -0.2) is 29.8 Å². The van der Waals surface area contributed by atoms with E-state index in [1.165, 1.54) is 17.0 Å². The van der Waals surface area contributed by atoms with Crippen LogP contribution in [0.15, 0.2) is 24.3 Å². The fourth-order valence-corrected chi connectivity index (χ4v) is 2.65. The van der Waals surface area contributed by atoms with E-state index in [-0.39, 0.29) is 17.7 Å². The molecular formula is C15H15F3N2O2. The van der Waals surface area contributed by atoms with E-state index >= 15 is 0 Å². The molecule has 7 heteroatoms. The van der Waals surface area contributed by atoms with Crippen LogP contribution >= 0.6 is 0 Å². The van der Waals surface area contributed by atoms with E-state index in [2.05, 4.69) is 5.32 Å². The van der Waals surface area contributed by atoms with Gasteiger partial charge >= 0.3 is 6.18 Å². The number of piperazine rings is 1. The lowest BCUT2D eigenvalue weighted by molar-refractivity contribution is -0.144. The van der Waals surface area contributed by atoms with Gasteiger partial charge in [0, 0.05) is 19.0 Å². The van der Waals surface area contributed by atoms with Gasteiger partial charge in [-0.05, 0) is 30.5 Å². The van der Waals surface area contributed by atoms with Crippen molar-refractivity contribution < 1.29 is 22.8 Å². The molecule has 1 saturated carbocycles. The molecule has 1 aliphatic heterocycles. The van der Waals surface area contributed by atoms with Crippen molar-refractivity contribution in [2.45, 2.75) is 25.1 Å². The summed E-state index contributed by atoms with van der Waals surface area (Å²) in [6.07, 6.45) is -2.79. The van der Waals surface area contributed by atoms with E-state index in [4.69, 9.17) is 0 Å². The number of hydrogen-bond donors (Lipinski definition) is 1. The van der Waals surface area contributed by atoms with Crippen molar-refractivity contribution >= 4 is 11.8 Å². The molecular weight excluding hydrogens is 297 g/mol. The van der Waals surface area contributed by atoms with Crippen LogP contribution in [-0.2, 0) is 15.8 Å². The highest BCUT2D eigenvalue weighted by Gasteiger charge is 2.41. The zero-order valence-corrected chi connectivity index (χ0v) is 11.7. The van der Waals surface area contributed by atoms with Crippen LogP contribution in [0.3, 0.4) is 0 Å². The topological polar surface area (TPSA) is 49.4 Å². The van der Waals surface area contributed by atoms with Crippen LogP contribution < -0.4 is 5.32 Å². The van der Waals surface area contributed by atoms with Crippen molar-refractivity contribution in [2.75, 3.05) is 13.1 Å². The molecule has 1 N–H and O–H groups in total. The summed E-state index contributed by atoms with van der Waals surface area (Å²) in [4.78, 5) is 25.9. The molecule has 3 rings (SSSR count). The zero-order chi connectivity index (χ0) is 15.9. The van der Waals surface area contributed by atoms with Gasteiger partial charge in [0.1, 0.15) is 6.04 Å². The Morgan fingerprint density at radius 2 is 1.82 bits per heavy atom. The smallest absolute Gasteiger partial charge is 0.352 e. The molecule has 0 aromatic heterocycles. The first-order valence-electron chi connectivity index (χ1n) is 7.13. The number of rotatable bonds is 2. The van der Waals surface area contributed by atoms with Crippen LogP contribution in [0.2, 0.25) is 0 Å². The molecule has 1 aromatic rings. The van der Waals surface area contributed by atoms with Gasteiger partial charge in [-0.3, -0.25) is 9.59 Å². The lowest BCUT2D eigenvalue weighted by Gasteiger charge is -2.35. The van der Waals surface area contributed by atoms with E-state index in [1.54, 1.807) is 0 Å². The molecule has 1 atom stereocenters. The van der Waals surface area contributed by atoms with Crippen LogP contribution in [0, 0.1) is 5.92 Å². The van der Waals surface area contributed by atoms with E-state index in [1.807, 2.05) is 0 Å². The van der Waals surface area contributed by atoms with Gasteiger partial charge < -0.3 is 10.2 Å². The average molecular weight is 312 g/mol. The zero-order valence-electron chi connectivity index (χ0n) is 11.7. The third-order valence-corrected chi connectivity index (χ3v) is 3.98. The summed E-state index contributed by atoms with van der Waals surface area (Å²) >= 11 is 0. The average Bonchev–Trinajstić information content (AvgIpc) is 3.30. The number of alkyl halides is 3. The molecule has 1 heterocycles. The number of nitrogens with zero attached hydrogens (tertiary/aromatic N) is 1. The van der Waals surface area contributed by atoms with Crippen molar-refractivity contribution in [1.29, 1.82) is 0 Å². The van der Waals surface area contributed by atoms with Crippen molar-refractivity contribution in [2.24, 2.45) is 5.92 Å². The molecule has 4 nitrogen and oxygen atoms in total. The number of benzene rings is 1. The Bertz CT molecular complexity index is 594. The van der Waals surface area contributed by atoms with E-state index in [0.29, 0.717) is 18.7 Å². The molecule has 1 unspecified atom stereocenters. The molecule has 2 amide bonds. The van der Waals surface area contributed by atoms with Gasteiger partial charge in [0.25, 0.3) is 0 Å². The van der Waals surface area contributed by atoms with Gasteiger partial charge in [-0.2, -0.15) is 13.2 Å². The van der Waals surface area contributed by atoms with Gasteiger partial charge in [0.2, 0.25) is 11.8 Å². The lowest BCUT2D eigenvalue weighted by Crippen LogP contribution is -2.52. The number of carbonyl (C=O) groups excluding carboxylic acids is 2. The Labute approximate surface area is 125 Å². The minimum absolute atomic E-state index is 0.0390. The van der Waals surface area contributed by atoms with Gasteiger partial charge in [-0.15, -0.1) is 0 Å². The first-order chi connectivity index (χ1) is 10.4. The van der Waals surface area contributed by atoms with E-state index in [9.17, 15) is 22.8 Å². The Balaban J connectivity index is 1.88. The number of carbonyl (C=O) groups is 2. The highest BCUT2D eigenvalue weighted by molar-refractivity contribution is 5.91. The predicted molar refractivity (Wildman–Crippen MR) is 71.6 cm³/mol. The Hall–Kier alpha value is -2.05.